The van der Waals surface area contributed by atoms with Crippen molar-refractivity contribution in [1.82, 2.24) is 4.98 Å². The Hall–Kier alpha value is -1.81. The fraction of sp³-hybridized carbons (Fsp3) is 0.0769. The van der Waals surface area contributed by atoms with Crippen molar-refractivity contribution in [3.8, 4) is 0 Å². The summed E-state index contributed by atoms with van der Waals surface area (Å²) in [6, 6.07) is 6.80. The summed E-state index contributed by atoms with van der Waals surface area (Å²) in [6.45, 7) is 0. The van der Waals surface area contributed by atoms with E-state index in [1.807, 2.05) is 0 Å². The minimum Gasteiger partial charge on any atom is -0.292 e. The lowest BCUT2D eigenvalue weighted by Crippen LogP contribution is -2.08. The Bertz CT molecular complexity index is 601. The average Bonchev–Trinajstić information content (AvgIpc) is 2.35. The normalized spacial score (nSPS) is 10.4. The maximum absolute atomic E-state index is 13.4. The van der Waals surface area contributed by atoms with Gasteiger partial charge in [0, 0.05) is 12.6 Å². The molecule has 18 heavy (non-hydrogen) atoms. The summed E-state index contributed by atoms with van der Waals surface area (Å²) in [4.78, 5) is 15.7. The van der Waals surface area contributed by atoms with Gasteiger partial charge < -0.3 is 0 Å². The van der Waals surface area contributed by atoms with Gasteiger partial charge in [0.1, 0.15) is 5.69 Å². The molecule has 0 saturated carbocycles. The quantitative estimate of drug-likeness (QED) is 0.798. The topological polar surface area (TPSA) is 30.0 Å². The molecule has 0 N–H and O–H groups in total. The van der Waals surface area contributed by atoms with Gasteiger partial charge in [-0.15, -0.1) is 0 Å². The molecule has 92 valence electrons. The summed E-state index contributed by atoms with van der Waals surface area (Å²) < 4.78 is 26.4. The first-order chi connectivity index (χ1) is 8.59. The molecular weight excluding hydrogens is 260 g/mol. The lowest BCUT2D eigenvalue weighted by atomic mass is 10.1. The second-order valence-electron chi connectivity index (χ2n) is 3.65. The van der Waals surface area contributed by atoms with Gasteiger partial charge in [-0.25, -0.2) is 8.78 Å². The van der Waals surface area contributed by atoms with Crippen LogP contribution in [0.25, 0.3) is 0 Å². The second kappa shape index (κ2) is 5.23. The van der Waals surface area contributed by atoms with E-state index in [1.165, 1.54) is 24.4 Å². The van der Waals surface area contributed by atoms with E-state index in [-0.39, 0.29) is 22.7 Å². The minimum absolute atomic E-state index is 0.0123. The van der Waals surface area contributed by atoms with Crippen LogP contribution in [0, 0.1) is 11.6 Å². The number of rotatable bonds is 3. The molecule has 0 atom stereocenters. The van der Waals surface area contributed by atoms with E-state index >= 15 is 0 Å². The van der Waals surface area contributed by atoms with E-state index in [4.69, 9.17) is 11.6 Å². The molecule has 0 bridgehead atoms. The van der Waals surface area contributed by atoms with Crippen molar-refractivity contribution in [3.05, 3.63) is 64.4 Å². The fourth-order valence-corrected chi connectivity index (χ4v) is 1.76. The van der Waals surface area contributed by atoms with Crippen LogP contribution < -0.4 is 0 Å². The van der Waals surface area contributed by atoms with E-state index in [0.29, 0.717) is 0 Å². The Labute approximate surface area is 107 Å². The highest BCUT2D eigenvalue weighted by atomic mass is 35.5. The van der Waals surface area contributed by atoms with Gasteiger partial charge in [-0.05, 0) is 23.8 Å². The molecule has 0 saturated heterocycles. The van der Waals surface area contributed by atoms with Gasteiger partial charge in [-0.3, -0.25) is 9.78 Å². The molecule has 0 fully saturated rings. The van der Waals surface area contributed by atoms with Crippen LogP contribution in [-0.4, -0.2) is 10.8 Å². The van der Waals surface area contributed by atoms with Crippen LogP contribution in [0.15, 0.2) is 36.5 Å². The van der Waals surface area contributed by atoms with E-state index in [9.17, 15) is 13.6 Å². The summed E-state index contributed by atoms with van der Waals surface area (Å²) >= 11 is 5.81. The number of halogens is 3. The third-order valence-corrected chi connectivity index (χ3v) is 2.71. The second-order valence-corrected chi connectivity index (χ2v) is 4.05. The Morgan fingerprint density at radius 1 is 1.22 bits per heavy atom. The summed E-state index contributed by atoms with van der Waals surface area (Å²) in [5, 5.41) is 0.194. The van der Waals surface area contributed by atoms with Crippen LogP contribution >= 0.6 is 11.6 Å². The molecule has 0 aliphatic rings. The Morgan fingerprint density at radius 2 is 2.00 bits per heavy atom. The number of hydrogen-bond acceptors (Lipinski definition) is 2. The third-order valence-electron chi connectivity index (χ3n) is 2.41. The zero-order chi connectivity index (χ0) is 13.1. The Morgan fingerprint density at radius 3 is 2.72 bits per heavy atom. The number of nitrogens with zero attached hydrogens (tertiary/aromatic N) is 1. The van der Waals surface area contributed by atoms with Gasteiger partial charge in [0.15, 0.2) is 17.4 Å². The van der Waals surface area contributed by atoms with Crippen molar-refractivity contribution < 1.29 is 13.6 Å². The largest absolute Gasteiger partial charge is 0.292 e. The van der Waals surface area contributed by atoms with Crippen molar-refractivity contribution in [1.29, 1.82) is 0 Å². The van der Waals surface area contributed by atoms with Crippen LogP contribution in [-0.2, 0) is 6.42 Å². The van der Waals surface area contributed by atoms with Gasteiger partial charge in [0.25, 0.3) is 0 Å². The molecule has 2 rings (SSSR count). The molecular formula is C13H8ClF2NO. The van der Waals surface area contributed by atoms with Crippen LogP contribution in [0.3, 0.4) is 0 Å². The Balaban J connectivity index is 2.27. The molecule has 0 radical (unpaired) electrons. The first kappa shape index (κ1) is 12.6. The number of benzene rings is 1. The maximum Gasteiger partial charge on any atom is 0.187 e. The van der Waals surface area contributed by atoms with Crippen LogP contribution in [0.1, 0.15) is 16.1 Å². The zero-order valence-electron chi connectivity index (χ0n) is 9.16. The van der Waals surface area contributed by atoms with Gasteiger partial charge in [0.05, 0.1) is 5.02 Å². The molecule has 2 nitrogen and oxygen atoms in total. The van der Waals surface area contributed by atoms with Crippen LogP contribution in [0.4, 0.5) is 8.78 Å². The molecule has 0 spiro atoms. The number of pyridine rings is 1. The predicted molar refractivity (Wildman–Crippen MR) is 63.6 cm³/mol. The van der Waals surface area contributed by atoms with Gasteiger partial charge in [-0.2, -0.15) is 0 Å². The first-order valence-electron chi connectivity index (χ1n) is 5.16. The van der Waals surface area contributed by atoms with Crippen LogP contribution in [0.2, 0.25) is 5.02 Å². The molecule has 1 heterocycles. The number of aromatic nitrogens is 1. The van der Waals surface area contributed by atoms with E-state index in [1.54, 1.807) is 6.07 Å². The number of Topliss-reactive ketones (excluding diaryl/α,β-unsaturated/α-hetero) is 1. The SMILES string of the molecule is O=C(Cc1cccc(F)c1F)c1ncccc1Cl. The number of hydrogen-bond donors (Lipinski definition) is 0. The molecule has 0 aliphatic heterocycles. The molecule has 2 aromatic rings. The van der Waals surface area contributed by atoms with Crippen molar-refractivity contribution in [2.24, 2.45) is 0 Å². The molecule has 0 aliphatic carbocycles. The summed E-state index contributed by atoms with van der Waals surface area (Å²) in [7, 11) is 0. The highest BCUT2D eigenvalue weighted by molar-refractivity contribution is 6.33. The summed E-state index contributed by atoms with van der Waals surface area (Å²) in [5.74, 6) is -2.45. The molecule has 0 amide bonds. The van der Waals surface area contributed by atoms with Gasteiger partial charge >= 0.3 is 0 Å². The zero-order valence-corrected chi connectivity index (χ0v) is 9.92. The average molecular weight is 268 g/mol. The standard InChI is InChI=1S/C13H8ClF2NO/c14-9-4-2-6-17-13(9)11(18)7-8-3-1-5-10(15)12(8)16/h1-6H,7H2. The Kier molecular flexibility index (Phi) is 3.67. The molecule has 1 aromatic carbocycles. The smallest absolute Gasteiger partial charge is 0.187 e. The maximum atomic E-state index is 13.4. The van der Waals surface area contributed by atoms with E-state index in [0.717, 1.165) is 6.07 Å². The van der Waals surface area contributed by atoms with Crippen molar-refractivity contribution in [2.75, 3.05) is 0 Å². The van der Waals surface area contributed by atoms with E-state index < -0.39 is 17.4 Å². The number of ketones is 1. The van der Waals surface area contributed by atoms with Crippen LogP contribution in [0.5, 0.6) is 0 Å². The number of carbonyl (C=O) groups excluding carboxylic acids is 1. The summed E-state index contributed by atoms with van der Waals surface area (Å²) in [5.41, 5.74) is 0.0459. The highest BCUT2D eigenvalue weighted by Crippen LogP contribution is 2.17. The lowest BCUT2D eigenvalue weighted by Gasteiger charge is -2.04. The monoisotopic (exact) mass is 267 g/mol. The van der Waals surface area contributed by atoms with Gasteiger partial charge in [0.2, 0.25) is 0 Å². The lowest BCUT2D eigenvalue weighted by molar-refractivity contribution is 0.0987. The number of carbonyl (C=O) groups is 1. The predicted octanol–water partition coefficient (Wildman–Crippen LogP) is 3.44. The van der Waals surface area contributed by atoms with Crippen molar-refractivity contribution in [2.45, 2.75) is 6.42 Å². The molecule has 0 unspecified atom stereocenters. The van der Waals surface area contributed by atoms with Crippen molar-refractivity contribution >= 4 is 17.4 Å². The minimum atomic E-state index is -1.02. The summed E-state index contributed by atoms with van der Waals surface area (Å²) in [6.07, 6.45) is 1.14. The molecule has 1 aromatic heterocycles. The van der Waals surface area contributed by atoms with Crippen molar-refractivity contribution in [3.63, 3.8) is 0 Å². The third kappa shape index (κ3) is 2.54. The fourth-order valence-electron chi connectivity index (χ4n) is 1.53. The highest BCUT2D eigenvalue weighted by Gasteiger charge is 2.16. The molecule has 5 heteroatoms. The first-order valence-corrected chi connectivity index (χ1v) is 5.54. The van der Waals surface area contributed by atoms with E-state index in [2.05, 4.69) is 4.98 Å². The van der Waals surface area contributed by atoms with Gasteiger partial charge in [-0.1, -0.05) is 23.7 Å².